The second-order valence-electron chi connectivity index (χ2n) is 4.35. The molecule has 0 bridgehead atoms. The van der Waals surface area contributed by atoms with Crippen molar-refractivity contribution in [1.29, 1.82) is 0 Å². The predicted octanol–water partition coefficient (Wildman–Crippen LogP) is 1.31. The highest BCUT2D eigenvalue weighted by molar-refractivity contribution is 7.71. The van der Waals surface area contributed by atoms with Gasteiger partial charge in [0.2, 0.25) is 0 Å². The molecule has 0 aromatic carbocycles. The van der Waals surface area contributed by atoms with E-state index in [2.05, 4.69) is 19.9 Å². The van der Waals surface area contributed by atoms with Crippen LogP contribution in [-0.2, 0) is 0 Å². The first-order valence-corrected chi connectivity index (χ1v) is 6.21. The summed E-state index contributed by atoms with van der Waals surface area (Å²) >= 11 is 5.29. The maximum absolute atomic E-state index is 11.7. The quantitative estimate of drug-likeness (QED) is 0.669. The van der Waals surface area contributed by atoms with E-state index in [1.807, 2.05) is 6.07 Å². The van der Waals surface area contributed by atoms with Gasteiger partial charge in [-0.1, -0.05) is 0 Å². The molecule has 1 aliphatic heterocycles. The van der Waals surface area contributed by atoms with Gasteiger partial charge in [-0.15, -0.1) is 0 Å². The molecule has 17 heavy (non-hydrogen) atoms. The van der Waals surface area contributed by atoms with Crippen molar-refractivity contribution in [2.75, 3.05) is 13.1 Å². The van der Waals surface area contributed by atoms with Gasteiger partial charge in [0.25, 0.3) is 5.56 Å². The van der Waals surface area contributed by atoms with Crippen LogP contribution in [0.3, 0.4) is 0 Å². The van der Waals surface area contributed by atoms with Crippen molar-refractivity contribution >= 4 is 23.3 Å². The van der Waals surface area contributed by atoms with Crippen LogP contribution in [0.2, 0.25) is 0 Å². The van der Waals surface area contributed by atoms with Crippen molar-refractivity contribution in [3.8, 4) is 0 Å². The average molecular weight is 250 g/mol. The molecule has 1 fully saturated rings. The number of aromatic amines is 2. The Kier molecular flexibility index (Phi) is 2.60. The highest BCUT2D eigenvalue weighted by Gasteiger charge is 2.18. The summed E-state index contributed by atoms with van der Waals surface area (Å²) in [4.78, 5) is 17.4. The lowest BCUT2D eigenvalue weighted by Gasteiger charge is -2.25. The zero-order valence-corrected chi connectivity index (χ0v) is 10.1. The summed E-state index contributed by atoms with van der Waals surface area (Å²) in [5.41, 5.74) is 1.38. The summed E-state index contributed by atoms with van der Waals surface area (Å²) in [5, 5.41) is 3.33. The second-order valence-corrected chi connectivity index (χ2v) is 4.74. The number of fused-ring (bicyclic) bond motifs is 1. The van der Waals surface area contributed by atoms with Gasteiger partial charge in [0.1, 0.15) is 5.52 Å². The minimum atomic E-state index is -0.139. The van der Waals surface area contributed by atoms with E-state index in [9.17, 15) is 4.79 Å². The van der Waals surface area contributed by atoms with Crippen LogP contribution in [0.15, 0.2) is 17.1 Å². The molecule has 6 heteroatoms. The van der Waals surface area contributed by atoms with Gasteiger partial charge in [-0.3, -0.25) is 9.78 Å². The van der Waals surface area contributed by atoms with Gasteiger partial charge < -0.3 is 14.9 Å². The summed E-state index contributed by atoms with van der Waals surface area (Å²) in [6, 6.07) is 2.29. The van der Waals surface area contributed by atoms with Crippen LogP contribution in [-0.4, -0.2) is 27.6 Å². The third-order valence-electron chi connectivity index (χ3n) is 3.32. The first kappa shape index (κ1) is 10.7. The number of piperidine rings is 1. The zero-order valence-electron chi connectivity index (χ0n) is 9.32. The molecule has 3 heterocycles. The van der Waals surface area contributed by atoms with Gasteiger partial charge in [0, 0.05) is 12.2 Å². The van der Waals surface area contributed by atoms with Crippen LogP contribution >= 0.6 is 12.2 Å². The summed E-state index contributed by atoms with van der Waals surface area (Å²) in [6.45, 7) is 2.00. The molecule has 1 aliphatic rings. The zero-order chi connectivity index (χ0) is 11.8. The minimum absolute atomic E-state index is 0.139. The number of nitrogens with zero attached hydrogens (tertiary/aromatic N) is 1. The van der Waals surface area contributed by atoms with Crippen molar-refractivity contribution in [2.45, 2.75) is 18.9 Å². The standard InChI is InChI=1S/C11H14N4OS/c16-10-9-8(3-6-13-9)15(11(17)14-10)7-1-4-12-5-2-7/h3,6-7,12-13H,1-2,4-5H2,(H,14,16,17). The van der Waals surface area contributed by atoms with E-state index in [4.69, 9.17) is 12.2 Å². The fraction of sp³-hybridized carbons (Fsp3) is 0.455. The van der Waals surface area contributed by atoms with Crippen molar-refractivity contribution in [3.05, 3.63) is 27.4 Å². The molecule has 0 spiro atoms. The fourth-order valence-electron chi connectivity index (χ4n) is 2.50. The topological polar surface area (TPSA) is 65.6 Å². The molecule has 3 rings (SSSR count). The summed E-state index contributed by atoms with van der Waals surface area (Å²) < 4.78 is 2.60. The molecule has 0 unspecified atom stereocenters. The second kappa shape index (κ2) is 4.12. The normalized spacial score (nSPS) is 17.6. The summed E-state index contributed by atoms with van der Waals surface area (Å²) in [7, 11) is 0. The summed E-state index contributed by atoms with van der Waals surface area (Å²) in [6.07, 6.45) is 3.87. The van der Waals surface area contributed by atoms with Crippen molar-refractivity contribution in [1.82, 2.24) is 19.9 Å². The van der Waals surface area contributed by atoms with Crippen LogP contribution in [0, 0.1) is 4.77 Å². The lowest BCUT2D eigenvalue weighted by Crippen LogP contribution is -2.30. The van der Waals surface area contributed by atoms with Gasteiger partial charge in [-0.25, -0.2) is 0 Å². The third-order valence-corrected chi connectivity index (χ3v) is 3.62. The van der Waals surface area contributed by atoms with Crippen LogP contribution in [0.25, 0.3) is 11.0 Å². The molecule has 0 amide bonds. The molecule has 0 aliphatic carbocycles. The van der Waals surface area contributed by atoms with Gasteiger partial charge in [-0.2, -0.15) is 0 Å². The molecule has 0 radical (unpaired) electrons. The van der Waals surface area contributed by atoms with Crippen molar-refractivity contribution in [3.63, 3.8) is 0 Å². The number of hydrogen-bond acceptors (Lipinski definition) is 3. The van der Waals surface area contributed by atoms with E-state index in [1.54, 1.807) is 6.20 Å². The molecule has 3 N–H and O–H groups in total. The molecule has 5 nitrogen and oxygen atoms in total. The van der Waals surface area contributed by atoms with Crippen molar-refractivity contribution < 1.29 is 0 Å². The largest absolute Gasteiger partial charge is 0.355 e. The molecular weight excluding hydrogens is 236 g/mol. The maximum Gasteiger partial charge on any atom is 0.276 e. The van der Waals surface area contributed by atoms with E-state index in [-0.39, 0.29) is 5.56 Å². The molecule has 0 saturated carbocycles. The molecule has 0 atom stereocenters. The number of rotatable bonds is 1. The first-order valence-electron chi connectivity index (χ1n) is 5.80. The Bertz CT molecular complexity index is 647. The summed E-state index contributed by atoms with van der Waals surface area (Å²) in [5.74, 6) is 0. The predicted molar refractivity (Wildman–Crippen MR) is 68.9 cm³/mol. The lowest BCUT2D eigenvalue weighted by molar-refractivity contribution is 0.369. The monoisotopic (exact) mass is 250 g/mol. The van der Waals surface area contributed by atoms with Gasteiger partial charge in [0.15, 0.2) is 4.77 Å². The SMILES string of the molecule is O=c1[nH]c(=S)n(C2CCNCC2)c2cc[nH]c12. The highest BCUT2D eigenvalue weighted by Crippen LogP contribution is 2.22. The Labute approximate surface area is 103 Å². The van der Waals surface area contributed by atoms with E-state index in [0.29, 0.717) is 16.3 Å². The molecule has 2 aromatic rings. The Hall–Kier alpha value is -1.40. The Morgan fingerprint density at radius 1 is 1.35 bits per heavy atom. The molecule has 1 saturated heterocycles. The minimum Gasteiger partial charge on any atom is -0.355 e. The first-order chi connectivity index (χ1) is 8.27. The average Bonchev–Trinajstić information content (AvgIpc) is 2.79. The van der Waals surface area contributed by atoms with Crippen LogP contribution < -0.4 is 10.9 Å². The smallest absolute Gasteiger partial charge is 0.276 e. The number of H-pyrrole nitrogens is 2. The van der Waals surface area contributed by atoms with Gasteiger partial charge in [-0.05, 0) is 44.2 Å². The third kappa shape index (κ3) is 1.73. The Morgan fingerprint density at radius 3 is 2.88 bits per heavy atom. The van der Waals surface area contributed by atoms with E-state index < -0.39 is 0 Å². The van der Waals surface area contributed by atoms with E-state index in [0.717, 1.165) is 31.4 Å². The van der Waals surface area contributed by atoms with E-state index >= 15 is 0 Å². The lowest BCUT2D eigenvalue weighted by atomic mass is 10.1. The molecular formula is C11H14N4OS. The highest BCUT2D eigenvalue weighted by atomic mass is 32.1. The van der Waals surface area contributed by atoms with Crippen LogP contribution in [0.4, 0.5) is 0 Å². The van der Waals surface area contributed by atoms with E-state index in [1.165, 1.54) is 0 Å². The Morgan fingerprint density at radius 2 is 2.12 bits per heavy atom. The van der Waals surface area contributed by atoms with Crippen molar-refractivity contribution in [2.24, 2.45) is 0 Å². The number of nitrogens with one attached hydrogen (secondary N) is 3. The molecule has 2 aromatic heterocycles. The number of aromatic nitrogens is 3. The molecule has 90 valence electrons. The van der Waals surface area contributed by atoms with Gasteiger partial charge in [0.05, 0.1) is 5.52 Å². The van der Waals surface area contributed by atoms with Gasteiger partial charge >= 0.3 is 0 Å². The maximum atomic E-state index is 11.7. The Balaban J connectivity index is 2.24. The van der Waals surface area contributed by atoms with Crippen LogP contribution in [0.5, 0.6) is 0 Å². The number of hydrogen-bond donors (Lipinski definition) is 3. The van der Waals surface area contributed by atoms with Crippen LogP contribution in [0.1, 0.15) is 18.9 Å². The fourth-order valence-corrected chi connectivity index (χ4v) is 2.84.